The molecule has 0 aliphatic rings. The van der Waals surface area contributed by atoms with Gasteiger partial charge in [-0.3, -0.25) is 0 Å². The van der Waals surface area contributed by atoms with Crippen LogP contribution in [0, 0.1) is 11.3 Å². The second-order valence-electron chi connectivity index (χ2n) is 5.35. The minimum absolute atomic E-state index is 0.420. The van der Waals surface area contributed by atoms with Crippen LogP contribution in [0.2, 0.25) is 0 Å². The molecule has 0 aliphatic heterocycles. The second kappa shape index (κ2) is 5.61. The monoisotopic (exact) mass is 186 g/mol. The fourth-order valence-electron chi connectivity index (χ4n) is 1.22. The highest BCUT2D eigenvalue weighted by atomic mass is 14.9. The lowest BCUT2D eigenvalue weighted by atomic mass is 9.92. The Bertz CT molecular complexity index is 125. The van der Waals surface area contributed by atoms with E-state index >= 15 is 0 Å². The summed E-state index contributed by atoms with van der Waals surface area (Å²) in [5.41, 5.74) is 6.08. The smallest absolute Gasteiger partial charge is 0.0213 e. The molecule has 0 heterocycles. The van der Waals surface area contributed by atoms with Gasteiger partial charge in [-0.1, -0.05) is 34.6 Å². The highest BCUT2D eigenvalue weighted by Crippen LogP contribution is 2.17. The van der Waals surface area contributed by atoms with E-state index in [4.69, 9.17) is 5.73 Å². The van der Waals surface area contributed by atoms with E-state index in [1.807, 2.05) is 0 Å². The number of nitrogens with one attached hydrogen (secondary N) is 1. The number of hydrogen-bond acceptors (Lipinski definition) is 2. The zero-order chi connectivity index (χ0) is 10.5. The van der Waals surface area contributed by atoms with Crippen molar-refractivity contribution < 1.29 is 0 Å². The molecule has 80 valence electrons. The summed E-state index contributed by atoms with van der Waals surface area (Å²) in [6.45, 7) is 13.0. The molecule has 13 heavy (non-hydrogen) atoms. The first-order chi connectivity index (χ1) is 5.87. The van der Waals surface area contributed by atoms with E-state index in [0.717, 1.165) is 13.1 Å². The summed E-state index contributed by atoms with van der Waals surface area (Å²) in [5, 5.41) is 3.50. The van der Waals surface area contributed by atoms with E-state index in [0.29, 0.717) is 17.4 Å². The third-order valence-electron chi connectivity index (χ3n) is 2.34. The second-order valence-corrected chi connectivity index (χ2v) is 5.35. The molecule has 0 spiro atoms. The molecule has 1 atom stereocenters. The zero-order valence-corrected chi connectivity index (χ0v) is 9.85. The van der Waals surface area contributed by atoms with Gasteiger partial charge in [0.1, 0.15) is 0 Å². The minimum Gasteiger partial charge on any atom is -0.329 e. The topological polar surface area (TPSA) is 38.0 Å². The average molecular weight is 186 g/mol. The SMILES string of the molecule is CC(C)C(CN)NCCC(C)(C)C. The molecule has 0 aromatic heterocycles. The first kappa shape index (κ1) is 12.9. The van der Waals surface area contributed by atoms with Gasteiger partial charge in [0.25, 0.3) is 0 Å². The maximum absolute atomic E-state index is 5.66. The molecule has 0 aliphatic carbocycles. The van der Waals surface area contributed by atoms with E-state index in [1.54, 1.807) is 0 Å². The Labute approximate surface area is 83.3 Å². The van der Waals surface area contributed by atoms with Crippen molar-refractivity contribution in [1.29, 1.82) is 0 Å². The van der Waals surface area contributed by atoms with Crippen LogP contribution in [0.1, 0.15) is 41.0 Å². The van der Waals surface area contributed by atoms with Crippen molar-refractivity contribution in [3.8, 4) is 0 Å². The Morgan fingerprint density at radius 2 is 1.77 bits per heavy atom. The van der Waals surface area contributed by atoms with Crippen LogP contribution in [0.4, 0.5) is 0 Å². The summed E-state index contributed by atoms with van der Waals surface area (Å²) in [7, 11) is 0. The van der Waals surface area contributed by atoms with Crippen molar-refractivity contribution in [1.82, 2.24) is 5.32 Å². The first-order valence-corrected chi connectivity index (χ1v) is 5.30. The summed E-state index contributed by atoms with van der Waals surface area (Å²) in [5.74, 6) is 0.630. The molecule has 0 aromatic carbocycles. The Morgan fingerprint density at radius 1 is 1.23 bits per heavy atom. The van der Waals surface area contributed by atoms with Gasteiger partial charge in [-0.05, 0) is 24.3 Å². The molecule has 0 aromatic rings. The molecule has 1 unspecified atom stereocenters. The van der Waals surface area contributed by atoms with Crippen LogP contribution in [0.5, 0.6) is 0 Å². The van der Waals surface area contributed by atoms with Crippen LogP contribution in [-0.4, -0.2) is 19.1 Å². The van der Waals surface area contributed by atoms with E-state index in [1.165, 1.54) is 6.42 Å². The molecule has 0 bridgehead atoms. The van der Waals surface area contributed by atoms with E-state index in [9.17, 15) is 0 Å². The maximum Gasteiger partial charge on any atom is 0.0213 e. The van der Waals surface area contributed by atoms with Crippen LogP contribution >= 0.6 is 0 Å². The summed E-state index contributed by atoms with van der Waals surface area (Å²) in [6.07, 6.45) is 1.20. The quantitative estimate of drug-likeness (QED) is 0.689. The zero-order valence-electron chi connectivity index (χ0n) is 9.85. The van der Waals surface area contributed by atoms with Gasteiger partial charge in [-0.2, -0.15) is 0 Å². The van der Waals surface area contributed by atoms with E-state index < -0.39 is 0 Å². The molecule has 0 radical (unpaired) electrons. The number of hydrogen-bond donors (Lipinski definition) is 2. The van der Waals surface area contributed by atoms with Gasteiger partial charge >= 0.3 is 0 Å². The third kappa shape index (κ3) is 7.03. The molecule has 2 heteroatoms. The molecular formula is C11H26N2. The third-order valence-corrected chi connectivity index (χ3v) is 2.34. The van der Waals surface area contributed by atoms with Gasteiger partial charge in [0.15, 0.2) is 0 Å². The summed E-state index contributed by atoms with van der Waals surface area (Å²) < 4.78 is 0. The van der Waals surface area contributed by atoms with Crippen molar-refractivity contribution >= 4 is 0 Å². The van der Waals surface area contributed by atoms with Gasteiger partial charge < -0.3 is 11.1 Å². The van der Waals surface area contributed by atoms with Crippen molar-refractivity contribution in [3.63, 3.8) is 0 Å². The summed E-state index contributed by atoms with van der Waals surface area (Å²) >= 11 is 0. The van der Waals surface area contributed by atoms with Gasteiger partial charge in [-0.15, -0.1) is 0 Å². The van der Waals surface area contributed by atoms with Crippen LogP contribution in [0.15, 0.2) is 0 Å². The van der Waals surface area contributed by atoms with Crippen molar-refractivity contribution in [2.24, 2.45) is 17.1 Å². The van der Waals surface area contributed by atoms with Gasteiger partial charge in [0.05, 0.1) is 0 Å². The highest BCUT2D eigenvalue weighted by molar-refractivity contribution is 4.72. The number of nitrogens with two attached hydrogens (primary N) is 1. The fraction of sp³-hybridized carbons (Fsp3) is 1.00. The molecule has 3 N–H and O–H groups in total. The van der Waals surface area contributed by atoms with E-state index in [-0.39, 0.29) is 0 Å². The van der Waals surface area contributed by atoms with Gasteiger partial charge in [0, 0.05) is 12.6 Å². The Kier molecular flexibility index (Phi) is 5.57. The normalized spacial score (nSPS) is 15.0. The van der Waals surface area contributed by atoms with Crippen LogP contribution in [-0.2, 0) is 0 Å². The van der Waals surface area contributed by atoms with Gasteiger partial charge in [0.2, 0.25) is 0 Å². The fourth-order valence-corrected chi connectivity index (χ4v) is 1.22. The summed E-state index contributed by atoms with van der Waals surface area (Å²) in [6, 6.07) is 0.474. The first-order valence-electron chi connectivity index (χ1n) is 5.30. The Balaban J connectivity index is 3.62. The predicted molar refractivity (Wildman–Crippen MR) is 59.8 cm³/mol. The van der Waals surface area contributed by atoms with Crippen LogP contribution in [0.3, 0.4) is 0 Å². The van der Waals surface area contributed by atoms with Crippen LogP contribution in [0.25, 0.3) is 0 Å². The van der Waals surface area contributed by atoms with Gasteiger partial charge in [-0.25, -0.2) is 0 Å². The van der Waals surface area contributed by atoms with Crippen molar-refractivity contribution in [3.05, 3.63) is 0 Å². The van der Waals surface area contributed by atoms with Crippen molar-refractivity contribution in [2.75, 3.05) is 13.1 Å². The maximum atomic E-state index is 5.66. The lowest BCUT2D eigenvalue weighted by Gasteiger charge is -2.24. The highest BCUT2D eigenvalue weighted by Gasteiger charge is 2.13. The Morgan fingerprint density at radius 3 is 2.08 bits per heavy atom. The molecule has 0 rings (SSSR count). The largest absolute Gasteiger partial charge is 0.329 e. The molecule has 0 saturated carbocycles. The molecular weight excluding hydrogens is 160 g/mol. The van der Waals surface area contributed by atoms with Crippen LogP contribution < -0.4 is 11.1 Å². The molecule has 0 amide bonds. The van der Waals surface area contributed by atoms with E-state index in [2.05, 4.69) is 39.9 Å². The molecule has 0 saturated heterocycles. The molecule has 2 nitrogen and oxygen atoms in total. The lowest BCUT2D eigenvalue weighted by Crippen LogP contribution is -2.41. The predicted octanol–water partition coefficient (Wildman–Crippen LogP) is 2.00. The molecule has 0 fully saturated rings. The standard InChI is InChI=1S/C11H26N2/c1-9(2)10(8-12)13-7-6-11(3,4)5/h9-10,13H,6-8,12H2,1-5H3. The minimum atomic E-state index is 0.420. The summed E-state index contributed by atoms with van der Waals surface area (Å²) in [4.78, 5) is 0. The van der Waals surface area contributed by atoms with Crippen molar-refractivity contribution in [2.45, 2.75) is 47.1 Å². The average Bonchev–Trinajstić information content (AvgIpc) is 1.95. The number of rotatable bonds is 5. The lowest BCUT2D eigenvalue weighted by molar-refractivity contribution is 0.332. The Hall–Kier alpha value is -0.0800.